The Labute approximate surface area is 129 Å². The number of aliphatic hydroxyl groups is 1. The molecule has 1 amide bonds. The second kappa shape index (κ2) is 6.43. The van der Waals surface area contributed by atoms with Crippen molar-refractivity contribution in [2.45, 2.75) is 25.2 Å². The average molecular weight is 331 g/mol. The number of ether oxygens (including phenoxy) is 1. The Morgan fingerprint density at radius 3 is 2.91 bits per heavy atom. The molecule has 22 heavy (non-hydrogen) atoms. The predicted molar refractivity (Wildman–Crippen MR) is 76.0 cm³/mol. The standard InChI is InChI=1S/C14H15F2NO4S/c1-21-12(19)11-5-4-10(22-11)3-2-6-17-9(8-18)7-14(15,16)13(17)20/h4-5,8,18H,2-3,6-7H2,1H3/b9-8+. The summed E-state index contributed by atoms with van der Waals surface area (Å²) in [6.07, 6.45) is 0.767. The summed E-state index contributed by atoms with van der Waals surface area (Å²) in [5.74, 6) is -5.15. The van der Waals surface area contributed by atoms with Gasteiger partial charge in [-0.2, -0.15) is 8.78 Å². The van der Waals surface area contributed by atoms with Crippen LogP contribution in [0.25, 0.3) is 0 Å². The number of hydrogen-bond donors (Lipinski definition) is 1. The average Bonchev–Trinajstić information content (AvgIpc) is 3.04. The van der Waals surface area contributed by atoms with Gasteiger partial charge in [0.2, 0.25) is 0 Å². The van der Waals surface area contributed by atoms with E-state index in [1.807, 2.05) is 0 Å². The predicted octanol–water partition coefficient (Wildman–Crippen LogP) is 2.73. The Balaban J connectivity index is 1.92. The largest absolute Gasteiger partial charge is 0.514 e. The summed E-state index contributed by atoms with van der Waals surface area (Å²) in [6.45, 7) is 0.0896. The SMILES string of the molecule is COC(=O)c1ccc(CCCN2C(=O)C(F)(F)C/C2=C\O)s1. The Morgan fingerprint density at radius 1 is 1.55 bits per heavy atom. The zero-order valence-electron chi connectivity index (χ0n) is 11.8. The number of carbonyl (C=O) groups is 2. The molecule has 1 aliphatic rings. The van der Waals surface area contributed by atoms with Crippen LogP contribution in [0.4, 0.5) is 8.78 Å². The third-order valence-corrected chi connectivity index (χ3v) is 4.44. The zero-order valence-corrected chi connectivity index (χ0v) is 12.7. The van der Waals surface area contributed by atoms with Crippen molar-refractivity contribution >= 4 is 23.2 Å². The van der Waals surface area contributed by atoms with Gasteiger partial charge in [-0.15, -0.1) is 11.3 Å². The first kappa shape index (κ1) is 16.4. The topological polar surface area (TPSA) is 66.8 Å². The fourth-order valence-corrected chi connectivity index (χ4v) is 3.19. The molecule has 0 aliphatic carbocycles. The van der Waals surface area contributed by atoms with Crippen molar-refractivity contribution < 1.29 is 28.2 Å². The van der Waals surface area contributed by atoms with E-state index in [0.29, 0.717) is 24.0 Å². The van der Waals surface area contributed by atoms with Crippen molar-refractivity contribution in [3.63, 3.8) is 0 Å². The summed E-state index contributed by atoms with van der Waals surface area (Å²) in [6, 6.07) is 3.40. The molecule has 0 bridgehead atoms. The highest BCUT2D eigenvalue weighted by Crippen LogP contribution is 2.35. The molecule has 2 heterocycles. The Morgan fingerprint density at radius 2 is 2.27 bits per heavy atom. The maximum absolute atomic E-state index is 13.3. The molecule has 0 aromatic carbocycles. The van der Waals surface area contributed by atoms with Crippen molar-refractivity contribution in [1.82, 2.24) is 4.90 Å². The lowest BCUT2D eigenvalue weighted by Crippen LogP contribution is -2.33. The van der Waals surface area contributed by atoms with Crippen LogP contribution >= 0.6 is 11.3 Å². The van der Waals surface area contributed by atoms with E-state index in [1.165, 1.54) is 18.4 Å². The van der Waals surface area contributed by atoms with Crippen LogP contribution in [0, 0.1) is 0 Å². The lowest BCUT2D eigenvalue weighted by Gasteiger charge is -2.16. The van der Waals surface area contributed by atoms with Gasteiger partial charge >= 0.3 is 11.9 Å². The molecule has 0 saturated carbocycles. The first-order valence-corrected chi connectivity index (χ1v) is 7.40. The first-order chi connectivity index (χ1) is 10.4. The minimum Gasteiger partial charge on any atom is -0.514 e. The highest BCUT2D eigenvalue weighted by atomic mass is 32.1. The number of esters is 1. The van der Waals surface area contributed by atoms with Gasteiger partial charge in [-0.05, 0) is 25.0 Å². The van der Waals surface area contributed by atoms with Gasteiger partial charge in [0.05, 0.1) is 25.5 Å². The van der Waals surface area contributed by atoms with Crippen LogP contribution in [-0.2, 0) is 16.0 Å². The van der Waals surface area contributed by atoms with Crippen LogP contribution in [0.5, 0.6) is 0 Å². The van der Waals surface area contributed by atoms with Crippen LogP contribution in [0.2, 0.25) is 0 Å². The number of aryl methyl sites for hydroxylation is 1. The second-order valence-corrected chi connectivity index (χ2v) is 5.99. The van der Waals surface area contributed by atoms with Crippen molar-refractivity contribution in [1.29, 1.82) is 0 Å². The van der Waals surface area contributed by atoms with Gasteiger partial charge in [0, 0.05) is 11.4 Å². The Hall–Kier alpha value is -1.96. The van der Waals surface area contributed by atoms with E-state index in [0.717, 1.165) is 9.78 Å². The summed E-state index contributed by atoms with van der Waals surface area (Å²) < 4.78 is 31.2. The molecule has 1 aliphatic heterocycles. The molecule has 1 aromatic heterocycles. The Bertz CT molecular complexity index is 612. The fraction of sp³-hybridized carbons (Fsp3) is 0.429. The van der Waals surface area contributed by atoms with Crippen LogP contribution < -0.4 is 0 Å². The third kappa shape index (κ3) is 3.27. The van der Waals surface area contributed by atoms with Gasteiger partial charge in [0.1, 0.15) is 4.88 Å². The molecule has 0 radical (unpaired) electrons. The molecule has 8 heteroatoms. The van der Waals surface area contributed by atoms with E-state index in [1.54, 1.807) is 12.1 Å². The molecular weight excluding hydrogens is 316 g/mol. The van der Waals surface area contributed by atoms with Gasteiger partial charge in [0.25, 0.3) is 5.91 Å². The normalized spacial score (nSPS) is 19.0. The van der Waals surface area contributed by atoms with Crippen LogP contribution in [0.15, 0.2) is 24.1 Å². The van der Waals surface area contributed by atoms with Gasteiger partial charge in [0.15, 0.2) is 0 Å². The number of thiophene rings is 1. The van der Waals surface area contributed by atoms with Gasteiger partial charge < -0.3 is 14.7 Å². The quantitative estimate of drug-likeness (QED) is 0.665. The molecule has 2 rings (SSSR count). The van der Waals surface area contributed by atoms with Gasteiger partial charge in [-0.3, -0.25) is 4.79 Å². The molecule has 1 N–H and O–H groups in total. The number of amides is 1. The fourth-order valence-electron chi connectivity index (χ4n) is 2.22. The number of carbonyl (C=O) groups excluding carboxylic acids is 2. The van der Waals surface area contributed by atoms with Gasteiger partial charge in [-0.25, -0.2) is 4.79 Å². The van der Waals surface area contributed by atoms with E-state index < -0.39 is 24.2 Å². The molecule has 0 unspecified atom stereocenters. The number of allylic oxidation sites excluding steroid dienone is 1. The third-order valence-electron chi connectivity index (χ3n) is 3.31. The Kier molecular flexibility index (Phi) is 4.80. The zero-order chi connectivity index (χ0) is 16.3. The van der Waals surface area contributed by atoms with Crippen LogP contribution in [0.1, 0.15) is 27.4 Å². The van der Waals surface area contributed by atoms with Crippen molar-refractivity contribution in [3.8, 4) is 0 Å². The van der Waals surface area contributed by atoms with Crippen molar-refractivity contribution in [3.05, 3.63) is 33.8 Å². The monoisotopic (exact) mass is 331 g/mol. The summed E-state index contributed by atoms with van der Waals surface area (Å²) in [5.41, 5.74) is -0.0728. The van der Waals surface area contributed by atoms with Gasteiger partial charge in [-0.1, -0.05) is 0 Å². The number of aliphatic hydroxyl groups excluding tert-OH is 1. The molecule has 1 fully saturated rings. The molecule has 0 spiro atoms. The van der Waals surface area contributed by atoms with Crippen LogP contribution in [-0.4, -0.2) is 41.5 Å². The van der Waals surface area contributed by atoms with Crippen molar-refractivity contribution in [2.24, 2.45) is 0 Å². The molecular formula is C14H15F2NO4S. The van der Waals surface area contributed by atoms with E-state index in [4.69, 9.17) is 5.11 Å². The number of hydrogen-bond acceptors (Lipinski definition) is 5. The van der Waals surface area contributed by atoms with Crippen molar-refractivity contribution in [2.75, 3.05) is 13.7 Å². The maximum atomic E-state index is 13.3. The number of likely N-dealkylation sites (tertiary alicyclic amines) is 1. The number of rotatable bonds is 5. The lowest BCUT2D eigenvalue weighted by atomic mass is 10.2. The first-order valence-electron chi connectivity index (χ1n) is 6.59. The molecule has 1 saturated heterocycles. The highest BCUT2D eigenvalue weighted by molar-refractivity contribution is 7.13. The van der Waals surface area contributed by atoms with E-state index in [9.17, 15) is 18.4 Å². The van der Waals surface area contributed by atoms with E-state index in [-0.39, 0.29) is 12.2 Å². The maximum Gasteiger partial charge on any atom is 0.348 e. The minimum atomic E-state index is -3.45. The van der Waals surface area contributed by atoms with E-state index >= 15 is 0 Å². The smallest absolute Gasteiger partial charge is 0.348 e. The molecule has 1 aromatic rings. The summed E-state index contributed by atoms with van der Waals surface area (Å²) in [5, 5.41) is 8.96. The number of methoxy groups -OCH3 is 1. The van der Waals surface area contributed by atoms with Crippen LogP contribution in [0.3, 0.4) is 0 Å². The number of alkyl halides is 2. The highest BCUT2D eigenvalue weighted by Gasteiger charge is 2.50. The second-order valence-electron chi connectivity index (χ2n) is 4.82. The molecule has 5 nitrogen and oxygen atoms in total. The summed E-state index contributed by atoms with van der Waals surface area (Å²) in [7, 11) is 1.30. The number of nitrogens with zero attached hydrogens (tertiary/aromatic N) is 1. The number of halogens is 2. The lowest BCUT2D eigenvalue weighted by molar-refractivity contribution is -0.147. The van der Waals surface area contributed by atoms with E-state index in [2.05, 4.69) is 4.74 Å². The summed E-state index contributed by atoms with van der Waals surface area (Å²) >= 11 is 1.27. The minimum absolute atomic E-state index is 0.0728. The summed E-state index contributed by atoms with van der Waals surface area (Å²) in [4.78, 5) is 25.1. The molecule has 0 atom stereocenters. The molecule has 120 valence electrons.